The molecule has 278 valence electrons. The number of nitrogens with one attached hydrogen (secondary N) is 1. The van der Waals surface area contributed by atoms with Gasteiger partial charge in [-0.3, -0.25) is 0 Å². The van der Waals surface area contributed by atoms with Crippen LogP contribution < -0.4 is 5.32 Å². The summed E-state index contributed by atoms with van der Waals surface area (Å²) >= 11 is 0. The fourth-order valence-electron chi connectivity index (χ4n) is 11.0. The minimum Gasteiger partial charge on any atom is -0.508 e. The van der Waals surface area contributed by atoms with Gasteiger partial charge in [0.05, 0.1) is 11.0 Å². The lowest BCUT2D eigenvalue weighted by Gasteiger charge is -2.56. The molecule has 54 heavy (non-hydrogen) atoms. The summed E-state index contributed by atoms with van der Waals surface area (Å²) in [6.07, 6.45) is 12.9. The fraction of sp³-hybridized carbons (Fsp3) is 0.404. The highest BCUT2D eigenvalue weighted by Crippen LogP contribution is 2.72. The van der Waals surface area contributed by atoms with E-state index in [-0.39, 0.29) is 48.0 Å². The summed E-state index contributed by atoms with van der Waals surface area (Å²) < 4.78 is 12.7. The van der Waals surface area contributed by atoms with E-state index in [0.717, 1.165) is 84.2 Å². The molecule has 0 amide bonds. The molecule has 2 saturated heterocycles. The molecule has 3 fully saturated rings. The SMILES string of the molecule is O=C1OC(=CCCC2CCNCC2)C2=C1[C@H]1[C@H](CC2)[C@H]2CC[C@@]13C(=C[C@@H](CCO)Cc1ccccc1)OC(=O)C3=C2c1cc(O)ccc1-c1ccccc1. The molecule has 4 aliphatic carbocycles. The lowest BCUT2D eigenvalue weighted by molar-refractivity contribution is -0.135. The first-order chi connectivity index (χ1) is 26.5. The second-order valence-corrected chi connectivity index (χ2v) is 16.2. The number of ether oxygens (including phenoxy) is 2. The Morgan fingerprint density at radius 3 is 2.43 bits per heavy atom. The maximum atomic E-state index is 14.6. The lowest BCUT2D eigenvalue weighted by atomic mass is 9.44. The van der Waals surface area contributed by atoms with E-state index in [1.165, 1.54) is 12.8 Å². The number of esters is 2. The molecule has 1 spiro atoms. The Morgan fingerprint density at radius 1 is 0.870 bits per heavy atom. The minimum absolute atomic E-state index is 0.00117. The predicted molar refractivity (Wildman–Crippen MR) is 207 cm³/mol. The molecule has 7 aliphatic rings. The number of hydrogen-bond donors (Lipinski definition) is 3. The number of benzene rings is 3. The summed E-state index contributed by atoms with van der Waals surface area (Å²) in [5.41, 5.74) is 6.39. The number of hydrogen-bond acceptors (Lipinski definition) is 7. The molecule has 3 aromatic rings. The van der Waals surface area contributed by atoms with Crippen LogP contribution in [0, 0.1) is 35.0 Å². The van der Waals surface area contributed by atoms with Crippen molar-refractivity contribution in [3.05, 3.63) is 130 Å². The van der Waals surface area contributed by atoms with Crippen molar-refractivity contribution >= 4 is 17.5 Å². The molecule has 7 heteroatoms. The van der Waals surface area contributed by atoms with Gasteiger partial charge in [-0.1, -0.05) is 66.7 Å². The largest absolute Gasteiger partial charge is 0.508 e. The van der Waals surface area contributed by atoms with Gasteiger partial charge < -0.3 is 25.0 Å². The van der Waals surface area contributed by atoms with Gasteiger partial charge in [0, 0.05) is 23.7 Å². The third kappa shape index (κ3) is 5.97. The molecule has 0 radical (unpaired) electrons. The Labute approximate surface area is 317 Å². The zero-order valence-corrected chi connectivity index (χ0v) is 30.8. The number of phenols is 1. The summed E-state index contributed by atoms with van der Waals surface area (Å²) in [4.78, 5) is 28.9. The zero-order valence-electron chi connectivity index (χ0n) is 30.8. The highest BCUT2D eigenvalue weighted by Gasteiger charge is 2.68. The third-order valence-corrected chi connectivity index (χ3v) is 13.3. The molecule has 5 atom stereocenters. The van der Waals surface area contributed by atoms with Crippen molar-refractivity contribution in [1.82, 2.24) is 5.32 Å². The van der Waals surface area contributed by atoms with Crippen LogP contribution in [0.3, 0.4) is 0 Å². The average Bonchev–Trinajstić information content (AvgIpc) is 3.68. The van der Waals surface area contributed by atoms with E-state index in [2.05, 4.69) is 41.7 Å². The maximum Gasteiger partial charge on any atom is 0.340 e. The Bertz CT molecular complexity index is 2070. The average molecular weight is 724 g/mol. The number of carbonyl (C=O) groups is 2. The van der Waals surface area contributed by atoms with Crippen molar-refractivity contribution in [3.63, 3.8) is 0 Å². The van der Waals surface area contributed by atoms with E-state index in [4.69, 9.17) is 9.47 Å². The monoisotopic (exact) mass is 723 g/mol. The van der Waals surface area contributed by atoms with E-state index >= 15 is 0 Å². The first-order valence-electron chi connectivity index (χ1n) is 20.1. The van der Waals surface area contributed by atoms with E-state index in [1.54, 1.807) is 6.07 Å². The van der Waals surface area contributed by atoms with Gasteiger partial charge >= 0.3 is 11.9 Å². The number of aromatic hydroxyl groups is 1. The van der Waals surface area contributed by atoms with E-state index in [1.807, 2.05) is 48.5 Å². The van der Waals surface area contributed by atoms with Gasteiger partial charge in [0.2, 0.25) is 0 Å². The van der Waals surface area contributed by atoms with Crippen LogP contribution in [0.15, 0.2) is 119 Å². The normalized spacial score (nSPS) is 28.3. The molecule has 10 rings (SSSR count). The summed E-state index contributed by atoms with van der Waals surface area (Å²) in [7, 11) is 0. The number of aliphatic hydroxyl groups excluding tert-OH is 1. The molecule has 0 unspecified atom stereocenters. The summed E-state index contributed by atoms with van der Waals surface area (Å²) in [5.74, 6) is 1.19. The van der Waals surface area contributed by atoms with Gasteiger partial charge in [-0.05, 0) is 153 Å². The summed E-state index contributed by atoms with van der Waals surface area (Å²) in [6.45, 7) is 2.12. The van der Waals surface area contributed by atoms with Crippen molar-refractivity contribution in [2.24, 2.45) is 35.0 Å². The Hall–Kier alpha value is -4.72. The van der Waals surface area contributed by atoms with Gasteiger partial charge in [-0.15, -0.1) is 0 Å². The van der Waals surface area contributed by atoms with E-state index < -0.39 is 5.41 Å². The van der Waals surface area contributed by atoms with Crippen LogP contribution in [-0.2, 0) is 25.5 Å². The number of aliphatic hydroxyl groups is 1. The number of fused-ring (bicyclic) bond motifs is 1. The quantitative estimate of drug-likeness (QED) is 0.180. The van der Waals surface area contributed by atoms with Crippen LogP contribution >= 0.6 is 0 Å². The molecule has 0 aromatic heterocycles. The van der Waals surface area contributed by atoms with E-state index in [9.17, 15) is 19.8 Å². The van der Waals surface area contributed by atoms with Crippen LogP contribution in [0.4, 0.5) is 0 Å². The predicted octanol–water partition coefficient (Wildman–Crippen LogP) is 8.45. The molecule has 3 aromatic carbocycles. The third-order valence-electron chi connectivity index (χ3n) is 13.3. The first-order valence-corrected chi connectivity index (χ1v) is 20.1. The minimum atomic E-state index is -0.875. The smallest absolute Gasteiger partial charge is 0.340 e. The molecule has 3 aliphatic heterocycles. The van der Waals surface area contributed by atoms with Gasteiger partial charge in [0.15, 0.2) is 0 Å². The highest BCUT2D eigenvalue weighted by molar-refractivity contribution is 6.07. The lowest BCUT2D eigenvalue weighted by Crippen LogP contribution is -2.52. The van der Waals surface area contributed by atoms with Crippen molar-refractivity contribution < 1.29 is 29.3 Å². The number of allylic oxidation sites excluding steroid dienone is 5. The second kappa shape index (κ2) is 14.5. The van der Waals surface area contributed by atoms with Gasteiger partial charge in [-0.25, -0.2) is 9.59 Å². The van der Waals surface area contributed by atoms with Crippen LogP contribution in [-0.4, -0.2) is 41.8 Å². The molecule has 1 saturated carbocycles. The number of rotatable bonds is 10. The van der Waals surface area contributed by atoms with Gasteiger partial charge in [0.1, 0.15) is 17.3 Å². The number of phenolic OH excluding ortho intramolecular Hbond substituents is 1. The molecule has 3 heterocycles. The van der Waals surface area contributed by atoms with Crippen molar-refractivity contribution in [3.8, 4) is 16.9 Å². The standard InChI is InChI=1S/C47H49NO6/c49-25-21-31(26-30-8-3-1-4-9-30)27-40-47-22-18-35(41(44(47)46(52)54-40)38-28-33(50)14-15-34(38)32-11-5-2-6-12-32)36-16-17-37-39(53-45(51)42(37)43(36)47)13-7-10-29-19-23-48-24-20-29/h1-6,8-9,11-15,27-29,31,35-36,43,48-50H,7,10,16-26H2/t31-,35+,36+,43+,47+/m0/s1. The fourth-order valence-corrected chi connectivity index (χ4v) is 11.0. The van der Waals surface area contributed by atoms with Crippen molar-refractivity contribution in [2.75, 3.05) is 19.7 Å². The summed E-state index contributed by atoms with van der Waals surface area (Å²) in [6, 6.07) is 25.8. The number of cyclic esters (lactones) is 2. The zero-order chi connectivity index (χ0) is 36.8. The molecular formula is C47H49NO6. The maximum absolute atomic E-state index is 14.6. The van der Waals surface area contributed by atoms with Crippen molar-refractivity contribution in [1.29, 1.82) is 0 Å². The van der Waals surface area contributed by atoms with Crippen LogP contribution in [0.25, 0.3) is 16.7 Å². The molecule has 2 bridgehead atoms. The first kappa shape index (κ1) is 35.0. The van der Waals surface area contributed by atoms with Crippen molar-refractivity contribution in [2.45, 2.75) is 64.2 Å². The Kier molecular flexibility index (Phi) is 9.40. The second-order valence-electron chi connectivity index (χ2n) is 16.2. The van der Waals surface area contributed by atoms with Crippen LogP contribution in [0.5, 0.6) is 5.75 Å². The molecule has 3 N–H and O–H groups in total. The topological polar surface area (TPSA) is 105 Å². The Morgan fingerprint density at radius 2 is 1.65 bits per heavy atom. The van der Waals surface area contributed by atoms with Gasteiger partial charge in [-0.2, -0.15) is 0 Å². The van der Waals surface area contributed by atoms with Gasteiger partial charge in [0.25, 0.3) is 0 Å². The highest BCUT2D eigenvalue weighted by atomic mass is 16.5. The molecule has 7 nitrogen and oxygen atoms in total. The Balaban J connectivity index is 1.21. The number of piperidine rings is 1. The molecular weight excluding hydrogens is 675 g/mol. The van der Waals surface area contributed by atoms with Crippen LogP contribution in [0.1, 0.15) is 68.9 Å². The van der Waals surface area contributed by atoms with E-state index in [0.29, 0.717) is 42.3 Å². The summed E-state index contributed by atoms with van der Waals surface area (Å²) in [5, 5.41) is 24.7. The number of carbonyl (C=O) groups excluding carboxylic acids is 2. The van der Waals surface area contributed by atoms with Crippen LogP contribution in [0.2, 0.25) is 0 Å².